The molecule has 0 N–H and O–H groups in total. The smallest absolute Gasteiger partial charge is 0.311 e. The van der Waals surface area contributed by atoms with Crippen LogP contribution in [-0.4, -0.2) is 23.8 Å². The van der Waals surface area contributed by atoms with Gasteiger partial charge in [0, 0.05) is 79.2 Å². The van der Waals surface area contributed by atoms with Crippen LogP contribution in [0.3, 0.4) is 0 Å². The number of alkyl halides is 3. The third-order valence-electron chi connectivity index (χ3n) is 20.8. The molecule has 17 aromatic rings. The summed E-state index contributed by atoms with van der Waals surface area (Å²) >= 11 is 0. The van der Waals surface area contributed by atoms with Crippen molar-refractivity contribution in [1.29, 1.82) is 10.5 Å². The lowest BCUT2D eigenvalue weighted by molar-refractivity contribution is -0.535. The van der Waals surface area contributed by atoms with Crippen molar-refractivity contribution >= 4 is 115 Å². The minimum absolute atomic E-state index is 0.134. The number of hydrogen-bond donors (Lipinski definition) is 0. The Labute approximate surface area is 619 Å². The van der Waals surface area contributed by atoms with Crippen molar-refractivity contribution in [3.8, 4) is 67.8 Å². The van der Waals surface area contributed by atoms with E-state index in [1.165, 1.54) is 6.07 Å². The molecule has 0 atom stereocenters. The van der Waals surface area contributed by atoms with Crippen molar-refractivity contribution < 1.29 is 26.4 Å². The van der Waals surface area contributed by atoms with E-state index in [1.807, 2.05) is 211 Å². The standard InChI is InChI=1S/C92H57B2F4N10/c1-58-21-48-77(83(53-58)92(95,96)97)76-49-50-84-89-78(76)17-10-19-80(89)90-101-86-51-34-68(56-103(86)93-107(84)90)63-26-40-72(41-27-63)105(70-36-22-61(23-37-70)59-11-4-2-5-12-59)74-44-30-65(31-45-74)81(54-99)82(55-100)66-32-46-75(47-33-66)106(71-38-24-62(25-39-71)60-13-6-3-7-14-60)73-42-28-64(29-43-73)69-35-52-87-102-91-79-18-8-15-67-16-9-20-85(88(67)79)108(91)94(98)104(87)57-69/h2-53,56-57H,1H3/q+2/b82-81+. The summed E-state index contributed by atoms with van der Waals surface area (Å²) in [6, 6.07) is 108. The first kappa shape index (κ1) is 64.6. The highest BCUT2D eigenvalue weighted by Crippen LogP contribution is 2.45. The maximum absolute atomic E-state index is 17.0. The van der Waals surface area contributed by atoms with Crippen LogP contribution in [0.1, 0.15) is 22.3 Å². The lowest BCUT2D eigenvalue weighted by Gasteiger charge is -2.26. The zero-order valence-corrected chi connectivity index (χ0v) is 57.8. The number of hydrogen-bond acceptors (Lipinski definition) is 6. The number of halogens is 4. The minimum atomic E-state index is -4.53. The SMILES string of the molecule is Cc1ccc(-c2ccc3c4c2cccc4c2n3[B][n+]3cc(-c4ccc(N(c5ccc(/C(C#N)=C(\C#N)c6ccc(N(c7ccc(-c8ccccc8)cc7)c7ccc(-c8ccc9[n+](c8)B(F)n8c(c%10cccc%11cccc8c%11%10)=N9)cc7)cc6)cc5)c5ccc(-c6ccccc6)cc5)cc4)ccc3N=2)c(C(F)(F)F)c1. The summed E-state index contributed by atoms with van der Waals surface area (Å²) < 4.78 is 67.9. The molecule has 16 heteroatoms. The minimum Gasteiger partial charge on any atom is -0.311 e. The first-order valence-corrected chi connectivity index (χ1v) is 35.4. The Balaban J connectivity index is 0.618. The van der Waals surface area contributed by atoms with E-state index in [9.17, 15) is 23.7 Å². The van der Waals surface area contributed by atoms with Crippen LogP contribution in [0.15, 0.2) is 338 Å². The second-order valence-electron chi connectivity index (χ2n) is 27.1. The number of pyridine rings is 2. The summed E-state index contributed by atoms with van der Waals surface area (Å²) in [5.41, 5.74) is 18.1. The van der Waals surface area contributed by atoms with Gasteiger partial charge in [0.2, 0.25) is 11.0 Å². The van der Waals surface area contributed by atoms with Crippen molar-refractivity contribution in [2.75, 3.05) is 9.80 Å². The number of fused-ring (bicyclic) bond motifs is 8. The number of allylic oxidation sites excluding steroid dienone is 2. The van der Waals surface area contributed by atoms with Gasteiger partial charge >= 0.3 is 32.6 Å². The van der Waals surface area contributed by atoms with Crippen LogP contribution in [0.2, 0.25) is 0 Å². The summed E-state index contributed by atoms with van der Waals surface area (Å²) in [5, 5.41) is 27.4. The number of rotatable bonds is 13. The Bertz CT molecular complexity index is 6710. The molecule has 0 saturated heterocycles. The molecule has 13 aromatic carbocycles. The van der Waals surface area contributed by atoms with Crippen molar-refractivity contribution in [2.45, 2.75) is 13.1 Å². The van der Waals surface area contributed by atoms with Gasteiger partial charge in [-0.3, -0.25) is 13.3 Å². The van der Waals surface area contributed by atoms with E-state index in [-0.39, 0.29) is 16.7 Å². The second kappa shape index (κ2) is 25.9. The normalized spacial score (nSPS) is 12.5. The fourth-order valence-electron chi connectivity index (χ4n) is 15.6. The van der Waals surface area contributed by atoms with Gasteiger partial charge in [0.05, 0.1) is 39.9 Å². The molecule has 507 valence electrons. The van der Waals surface area contributed by atoms with E-state index < -0.39 is 19.0 Å². The largest absolute Gasteiger partial charge is 0.727 e. The number of aromatic nitrogens is 4. The highest BCUT2D eigenvalue weighted by molar-refractivity contribution is 6.42. The summed E-state index contributed by atoms with van der Waals surface area (Å²) in [5.74, 6) is 1.22. The third kappa shape index (κ3) is 11.0. The van der Waals surface area contributed by atoms with E-state index in [4.69, 9.17) is 9.98 Å². The molecule has 0 aliphatic carbocycles. The Morgan fingerprint density at radius 1 is 0.417 bits per heavy atom. The number of aryl methyl sites for hydroxylation is 1. The topological polar surface area (TPSA) is 96.4 Å². The Morgan fingerprint density at radius 2 is 0.852 bits per heavy atom. The average Bonchev–Trinajstić information content (AvgIpc) is 1.57. The van der Waals surface area contributed by atoms with Gasteiger partial charge in [0.25, 0.3) is 0 Å². The van der Waals surface area contributed by atoms with Crippen LogP contribution in [0, 0.1) is 29.6 Å². The molecule has 19 rings (SSSR count). The molecule has 108 heavy (non-hydrogen) atoms. The molecule has 0 amide bonds. The van der Waals surface area contributed by atoms with Gasteiger partial charge in [0.1, 0.15) is 12.1 Å². The van der Waals surface area contributed by atoms with Gasteiger partial charge in [-0.05, 0) is 199 Å². The lowest BCUT2D eigenvalue weighted by atomic mass is 9.92. The van der Waals surface area contributed by atoms with Crippen LogP contribution >= 0.6 is 0 Å². The van der Waals surface area contributed by atoms with Crippen molar-refractivity contribution in [3.63, 3.8) is 0 Å². The van der Waals surface area contributed by atoms with Gasteiger partial charge in [-0.1, -0.05) is 194 Å². The highest BCUT2D eigenvalue weighted by atomic mass is 19.4. The molecule has 2 aliphatic heterocycles. The van der Waals surface area contributed by atoms with Crippen LogP contribution in [0.25, 0.3) is 110 Å². The molecular weight excluding hydrogens is 1340 g/mol. The monoisotopic (exact) mass is 1400 g/mol. The van der Waals surface area contributed by atoms with Gasteiger partial charge in [-0.25, -0.2) is 4.48 Å². The molecule has 0 spiro atoms. The van der Waals surface area contributed by atoms with Crippen molar-refractivity contribution in [3.05, 3.63) is 361 Å². The fraction of sp³-hybridized carbons (Fsp3) is 0.0217. The van der Waals surface area contributed by atoms with E-state index in [0.29, 0.717) is 50.3 Å². The van der Waals surface area contributed by atoms with Crippen molar-refractivity contribution in [2.24, 2.45) is 9.98 Å². The summed E-state index contributed by atoms with van der Waals surface area (Å²) in [4.78, 5) is 14.4. The maximum Gasteiger partial charge on any atom is 0.727 e. The molecule has 10 nitrogen and oxygen atoms in total. The van der Waals surface area contributed by atoms with E-state index in [1.54, 1.807) is 34.1 Å². The highest BCUT2D eigenvalue weighted by Gasteiger charge is 2.41. The summed E-state index contributed by atoms with van der Waals surface area (Å²) in [6.45, 7) is 1.67. The molecular formula is C92H57B2F4N10+2. The van der Waals surface area contributed by atoms with E-state index in [2.05, 4.69) is 131 Å². The van der Waals surface area contributed by atoms with E-state index in [0.717, 1.165) is 117 Å². The summed E-state index contributed by atoms with van der Waals surface area (Å²) in [7, 11) is 0.462. The first-order valence-electron chi connectivity index (χ1n) is 35.4. The zero-order valence-electron chi connectivity index (χ0n) is 57.8. The van der Waals surface area contributed by atoms with E-state index >= 15 is 4.32 Å². The van der Waals surface area contributed by atoms with Gasteiger partial charge in [-0.15, -0.1) is 0 Å². The van der Waals surface area contributed by atoms with Gasteiger partial charge in [-0.2, -0.15) is 23.7 Å². The average molecular weight is 1400 g/mol. The number of anilines is 6. The Hall–Kier alpha value is -14.2. The van der Waals surface area contributed by atoms with Crippen LogP contribution in [0.4, 0.5) is 63.2 Å². The van der Waals surface area contributed by atoms with Gasteiger partial charge < -0.3 is 14.3 Å². The predicted molar refractivity (Wildman–Crippen MR) is 424 cm³/mol. The van der Waals surface area contributed by atoms with Crippen LogP contribution in [0.5, 0.6) is 0 Å². The van der Waals surface area contributed by atoms with Crippen LogP contribution in [-0.2, 0) is 6.18 Å². The lowest BCUT2D eigenvalue weighted by Crippen LogP contribution is -2.58. The number of nitrogens with zero attached hydrogens (tertiary/aromatic N) is 10. The zero-order chi connectivity index (χ0) is 72.9. The molecule has 0 saturated carbocycles. The second-order valence-corrected chi connectivity index (χ2v) is 27.1. The molecule has 1 radical (unpaired) electrons. The third-order valence-corrected chi connectivity index (χ3v) is 20.8. The Kier molecular flexibility index (Phi) is 15.5. The maximum atomic E-state index is 17.0. The van der Waals surface area contributed by atoms with Gasteiger partial charge in [0.15, 0.2) is 0 Å². The quantitative estimate of drug-likeness (QED) is 0.0497. The predicted octanol–water partition coefficient (Wildman–Crippen LogP) is 21.3. The molecule has 0 bridgehead atoms. The molecule has 0 fully saturated rings. The number of nitriles is 2. The number of benzene rings is 13. The molecule has 6 heterocycles. The molecule has 4 aromatic heterocycles. The van der Waals surface area contributed by atoms with Crippen LogP contribution < -0.4 is 29.7 Å². The molecule has 0 unspecified atom stereocenters. The first-order chi connectivity index (χ1) is 52.9. The Morgan fingerprint density at radius 3 is 1.38 bits per heavy atom. The molecule has 2 aliphatic rings. The fourth-order valence-corrected chi connectivity index (χ4v) is 15.6. The van der Waals surface area contributed by atoms with Crippen molar-refractivity contribution in [1.82, 2.24) is 8.96 Å². The summed E-state index contributed by atoms with van der Waals surface area (Å²) in [6.07, 6.45) is -0.672.